The van der Waals surface area contributed by atoms with Crippen LogP contribution in [0.1, 0.15) is 29.3 Å². The van der Waals surface area contributed by atoms with Crippen molar-refractivity contribution in [2.75, 3.05) is 11.9 Å². The lowest BCUT2D eigenvalue weighted by molar-refractivity contribution is 0.216. The smallest absolute Gasteiger partial charge is 0.309 e. The van der Waals surface area contributed by atoms with Crippen molar-refractivity contribution in [1.82, 2.24) is 15.1 Å². The molecule has 0 radical (unpaired) electrons. The molecule has 1 aliphatic rings. The molecule has 7 heteroatoms. The molecule has 1 aromatic heterocycles. The van der Waals surface area contributed by atoms with Gasteiger partial charge in [-0.3, -0.25) is 5.32 Å². The van der Waals surface area contributed by atoms with Gasteiger partial charge in [0.15, 0.2) is 0 Å². The molecule has 23 heavy (non-hydrogen) atoms. The van der Waals surface area contributed by atoms with Gasteiger partial charge >= 0.3 is 6.03 Å². The Balaban J connectivity index is 1.65. The number of aromatic nitrogens is 2. The summed E-state index contributed by atoms with van der Waals surface area (Å²) in [5.74, 6) is 2.64. The molecule has 0 spiro atoms. The van der Waals surface area contributed by atoms with E-state index in [1.54, 1.807) is 12.1 Å². The van der Waals surface area contributed by atoms with Crippen molar-refractivity contribution in [3.05, 3.63) is 40.7 Å². The van der Waals surface area contributed by atoms with Crippen LogP contribution in [-0.2, 0) is 6.54 Å². The average molecular weight is 330 g/mol. The predicted molar refractivity (Wildman–Crippen MR) is 86.5 cm³/mol. The van der Waals surface area contributed by atoms with Gasteiger partial charge in [0.05, 0.1) is 6.54 Å². The van der Waals surface area contributed by atoms with E-state index in [9.17, 15) is 9.18 Å². The van der Waals surface area contributed by atoms with Crippen molar-refractivity contribution < 1.29 is 9.18 Å². The minimum absolute atomic E-state index is 0.150. The van der Waals surface area contributed by atoms with E-state index in [-0.39, 0.29) is 18.4 Å². The monoisotopic (exact) mass is 330 g/mol. The van der Waals surface area contributed by atoms with Gasteiger partial charge in [0.2, 0.25) is 5.13 Å². The Morgan fingerprint density at radius 2 is 2.13 bits per heavy atom. The molecule has 5 nitrogen and oxygen atoms in total. The van der Waals surface area contributed by atoms with Crippen LogP contribution in [0.3, 0.4) is 0 Å². The number of benzene rings is 1. The van der Waals surface area contributed by atoms with Gasteiger partial charge < -0.3 is 4.90 Å². The fraction of sp³-hybridized carbons (Fsp3) is 0.312. The Kier molecular flexibility index (Phi) is 4.53. The number of nitrogens with zero attached hydrogens (tertiary/aromatic N) is 3. The summed E-state index contributed by atoms with van der Waals surface area (Å²) in [6, 6.07) is 5.62. The maximum atomic E-state index is 13.0. The second-order valence-corrected chi connectivity index (χ2v) is 6.35. The van der Waals surface area contributed by atoms with Crippen LogP contribution < -0.4 is 5.32 Å². The van der Waals surface area contributed by atoms with Crippen LogP contribution in [-0.4, -0.2) is 27.7 Å². The van der Waals surface area contributed by atoms with Gasteiger partial charge in [-0.15, -0.1) is 16.6 Å². The number of carbonyl (C=O) groups excluding carboxylic acids is 1. The van der Waals surface area contributed by atoms with Gasteiger partial charge in [0.1, 0.15) is 10.8 Å². The number of hydrogen-bond acceptors (Lipinski definition) is 4. The van der Waals surface area contributed by atoms with Crippen LogP contribution in [0.4, 0.5) is 14.3 Å². The van der Waals surface area contributed by atoms with Crippen molar-refractivity contribution in [2.24, 2.45) is 0 Å². The van der Waals surface area contributed by atoms with E-state index in [2.05, 4.69) is 21.4 Å². The summed E-state index contributed by atoms with van der Waals surface area (Å²) in [7, 11) is 0. The number of anilines is 1. The topological polar surface area (TPSA) is 58.1 Å². The molecule has 0 aliphatic heterocycles. The first-order valence-electron chi connectivity index (χ1n) is 7.23. The van der Waals surface area contributed by atoms with Crippen LogP contribution in [0, 0.1) is 18.2 Å². The second-order valence-electron chi connectivity index (χ2n) is 5.34. The summed E-state index contributed by atoms with van der Waals surface area (Å²) in [6.45, 7) is 0.447. The standard InChI is InChI=1S/C16H15FN4OS/c1-2-9-21(10-11-3-7-13(17)8-4-11)16(22)18-15-20-19-14(23-15)12-5-6-12/h1,3-4,7-8,12H,5-6,9-10H2,(H,18,20,22). The molecule has 2 amide bonds. The lowest BCUT2D eigenvalue weighted by atomic mass is 10.2. The molecule has 2 aromatic rings. The number of amides is 2. The zero-order chi connectivity index (χ0) is 16.2. The highest BCUT2D eigenvalue weighted by Gasteiger charge is 2.28. The molecule has 1 N–H and O–H groups in total. The first-order chi connectivity index (χ1) is 11.2. The van der Waals surface area contributed by atoms with Crippen LogP contribution >= 0.6 is 11.3 Å². The second kappa shape index (κ2) is 6.75. The molecule has 0 atom stereocenters. The van der Waals surface area contributed by atoms with E-state index >= 15 is 0 Å². The molecule has 1 aliphatic carbocycles. The Labute approximate surface area is 137 Å². The zero-order valence-electron chi connectivity index (χ0n) is 12.3. The third kappa shape index (κ3) is 4.05. The van der Waals surface area contributed by atoms with Gasteiger partial charge in [0, 0.05) is 12.5 Å². The summed E-state index contributed by atoms with van der Waals surface area (Å²) in [5, 5.41) is 12.2. The molecule has 0 saturated heterocycles. The minimum atomic E-state index is -0.342. The number of halogens is 1. The van der Waals surface area contributed by atoms with E-state index in [1.807, 2.05) is 0 Å². The Morgan fingerprint density at radius 3 is 2.78 bits per heavy atom. The average Bonchev–Trinajstić information content (AvgIpc) is 3.29. The van der Waals surface area contributed by atoms with Crippen LogP contribution in [0.5, 0.6) is 0 Å². The summed E-state index contributed by atoms with van der Waals surface area (Å²) in [5.41, 5.74) is 0.799. The molecule has 118 valence electrons. The highest BCUT2D eigenvalue weighted by molar-refractivity contribution is 7.15. The van der Waals surface area contributed by atoms with E-state index in [0.29, 0.717) is 17.6 Å². The number of terminal acetylenes is 1. The van der Waals surface area contributed by atoms with E-state index in [0.717, 1.165) is 23.4 Å². The number of rotatable bonds is 5. The third-order valence-corrected chi connectivity index (χ3v) is 4.44. The highest BCUT2D eigenvalue weighted by atomic mass is 32.1. The molecule has 3 rings (SSSR count). The summed E-state index contributed by atoms with van der Waals surface area (Å²) in [4.78, 5) is 13.8. The van der Waals surface area contributed by atoms with E-state index in [4.69, 9.17) is 6.42 Å². The SMILES string of the molecule is C#CCN(Cc1ccc(F)cc1)C(=O)Nc1nnc(C2CC2)s1. The molecule has 1 aromatic carbocycles. The van der Waals surface area contributed by atoms with Crippen molar-refractivity contribution in [3.8, 4) is 12.3 Å². The van der Waals surface area contributed by atoms with Gasteiger partial charge in [-0.1, -0.05) is 29.4 Å². The number of carbonyl (C=O) groups is 1. The van der Waals surface area contributed by atoms with Crippen molar-refractivity contribution >= 4 is 22.5 Å². The summed E-state index contributed by atoms with van der Waals surface area (Å²) < 4.78 is 13.0. The first kappa shape index (κ1) is 15.4. The van der Waals surface area contributed by atoms with Crippen molar-refractivity contribution in [1.29, 1.82) is 0 Å². The molecule has 1 saturated carbocycles. The lowest BCUT2D eigenvalue weighted by Gasteiger charge is -2.20. The molecule has 0 unspecified atom stereocenters. The normalized spacial score (nSPS) is 13.4. The lowest BCUT2D eigenvalue weighted by Crippen LogP contribution is -2.34. The fourth-order valence-corrected chi connectivity index (χ4v) is 2.97. The third-order valence-electron chi connectivity index (χ3n) is 3.44. The van der Waals surface area contributed by atoms with Crippen molar-refractivity contribution in [3.63, 3.8) is 0 Å². The Hall–Kier alpha value is -2.46. The van der Waals surface area contributed by atoms with Crippen molar-refractivity contribution in [2.45, 2.75) is 25.3 Å². The quantitative estimate of drug-likeness (QED) is 0.856. The van der Waals surface area contributed by atoms with Crippen LogP contribution in [0.2, 0.25) is 0 Å². The Bertz CT molecular complexity index is 733. The number of hydrogen-bond donors (Lipinski definition) is 1. The van der Waals surface area contributed by atoms with Gasteiger partial charge in [-0.05, 0) is 30.5 Å². The molecular formula is C16H15FN4OS. The van der Waals surface area contributed by atoms with E-state index in [1.165, 1.54) is 28.4 Å². The molecule has 1 heterocycles. The van der Waals surface area contributed by atoms with E-state index < -0.39 is 0 Å². The summed E-state index contributed by atoms with van der Waals surface area (Å²) in [6.07, 6.45) is 7.60. The minimum Gasteiger partial charge on any atom is -0.309 e. The van der Waals surface area contributed by atoms with Gasteiger partial charge in [0.25, 0.3) is 0 Å². The fourth-order valence-electron chi connectivity index (χ4n) is 2.07. The zero-order valence-corrected chi connectivity index (χ0v) is 13.1. The molecule has 1 fully saturated rings. The summed E-state index contributed by atoms with van der Waals surface area (Å²) >= 11 is 1.39. The maximum Gasteiger partial charge on any atom is 0.324 e. The Morgan fingerprint density at radius 1 is 1.39 bits per heavy atom. The largest absolute Gasteiger partial charge is 0.324 e. The number of urea groups is 1. The highest BCUT2D eigenvalue weighted by Crippen LogP contribution is 2.42. The van der Waals surface area contributed by atoms with Crippen LogP contribution in [0.25, 0.3) is 0 Å². The predicted octanol–water partition coefficient (Wildman–Crippen LogP) is 3.22. The maximum absolute atomic E-state index is 13.0. The van der Waals surface area contributed by atoms with Crippen LogP contribution in [0.15, 0.2) is 24.3 Å². The van der Waals surface area contributed by atoms with Gasteiger partial charge in [-0.25, -0.2) is 9.18 Å². The first-order valence-corrected chi connectivity index (χ1v) is 8.04. The molecule has 0 bridgehead atoms. The number of nitrogens with one attached hydrogen (secondary N) is 1. The van der Waals surface area contributed by atoms with Gasteiger partial charge in [-0.2, -0.15) is 0 Å². The molecular weight excluding hydrogens is 315 g/mol.